The summed E-state index contributed by atoms with van der Waals surface area (Å²) in [4.78, 5) is 4.65. The zero-order chi connectivity index (χ0) is 21.6. The number of aliphatic imine (C=N–C) groups is 1. The Balaban J connectivity index is 0.00000341. The molecule has 1 aromatic heterocycles. The van der Waals surface area contributed by atoms with E-state index in [9.17, 15) is 8.42 Å². The zero-order valence-electron chi connectivity index (χ0n) is 17.9. The largest absolute Gasteiger partial charge is 0.352 e. The number of hydrogen-bond acceptors (Lipinski definition) is 4. The van der Waals surface area contributed by atoms with Crippen LogP contribution < -0.4 is 10.6 Å². The van der Waals surface area contributed by atoms with Gasteiger partial charge in [0.1, 0.15) is 0 Å². The molecule has 3 rings (SSSR count). The van der Waals surface area contributed by atoms with Crippen molar-refractivity contribution in [2.24, 2.45) is 4.99 Å². The fourth-order valence-electron chi connectivity index (χ4n) is 3.28. The summed E-state index contributed by atoms with van der Waals surface area (Å²) >= 11 is 0. The van der Waals surface area contributed by atoms with Crippen molar-refractivity contribution >= 4 is 39.8 Å². The van der Waals surface area contributed by atoms with Crippen molar-refractivity contribution in [3.05, 3.63) is 83.2 Å². The highest BCUT2D eigenvalue weighted by molar-refractivity contribution is 14.0. The van der Waals surface area contributed by atoms with Gasteiger partial charge in [-0.3, -0.25) is 9.67 Å². The highest BCUT2D eigenvalue weighted by Gasteiger charge is 2.11. The molecule has 0 saturated carbocycles. The number of sulfone groups is 1. The monoisotopic (exact) mass is 553 g/mol. The summed E-state index contributed by atoms with van der Waals surface area (Å²) in [6, 6.07) is 15.5. The van der Waals surface area contributed by atoms with Crippen LogP contribution in [0.1, 0.15) is 22.3 Å². The molecule has 0 bridgehead atoms. The van der Waals surface area contributed by atoms with E-state index >= 15 is 0 Å². The average molecular weight is 553 g/mol. The number of hydrogen-bond donors (Lipinski definition) is 2. The van der Waals surface area contributed by atoms with Crippen molar-refractivity contribution in [1.29, 1.82) is 0 Å². The van der Waals surface area contributed by atoms with Crippen molar-refractivity contribution in [3.63, 3.8) is 0 Å². The third-order valence-corrected chi connectivity index (χ3v) is 6.04. The van der Waals surface area contributed by atoms with Crippen LogP contribution in [0.3, 0.4) is 0 Å². The van der Waals surface area contributed by atoms with E-state index < -0.39 is 9.84 Å². The van der Waals surface area contributed by atoms with Gasteiger partial charge < -0.3 is 10.6 Å². The van der Waals surface area contributed by atoms with Gasteiger partial charge in [0.25, 0.3) is 0 Å². The highest BCUT2D eigenvalue weighted by Crippen LogP contribution is 2.16. The highest BCUT2D eigenvalue weighted by atomic mass is 127. The maximum Gasteiger partial charge on any atom is 0.191 e. The number of halogens is 1. The van der Waals surface area contributed by atoms with Crippen molar-refractivity contribution in [1.82, 2.24) is 20.4 Å². The third kappa shape index (κ3) is 7.06. The van der Waals surface area contributed by atoms with Gasteiger partial charge in [-0.25, -0.2) is 8.42 Å². The first-order chi connectivity index (χ1) is 14.4. The van der Waals surface area contributed by atoms with Crippen molar-refractivity contribution in [3.8, 4) is 0 Å². The second kappa shape index (κ2) is 11.3. The lowest BCUT2D eigenvalue weighted by atomic mass is 10.1. The predicted octanol–water partition coefficient (Wildman–Crippen LogP) is 3.13. The van der Waals surface area contributed by atoms with E-state index in [0.717, 1.165) is 11.1 Å². The molecule has 9 heteroatoms. The molecule has 0 spiro atoms. The van der Waals surface area contributed by atoms with Gasteiger partial charge in [-0.15, -0.1) is 24.0 Å². The second-order valence-corrected chi connectivity index (χ2v) is 9.11. The quantitative estimate of drug-likeness (QED) is 0.267. The van der Waals surface area contributed by atoms with E-state index in [0.29, 0.717) is 30.5 Å². The lowest BCUT2D eigenvalue weighted by Gasteiger charge is -2.15. The summed E-state index contributed by atoms with van der Waals surface area (Å²) in [5, 5.41) is 10.9. The van der Waals surface area contributed by atoms with E-state index in [2.05, 4.69) is 32.9 Å². The molecule has 2 aromatic carbocycles. The number of guanidine groups is 1. The van der Waals surface area contributed by atoms with Gasteiger partial charge in [0.2, 0.25) is 0 Å². The Hall–Kier alpha value is -2.40. The van der Waals surface area contributed by atoms with Gasteiger partial charge >= 0.3 is 0 Å². The summed E-state index contributed by atoms with van der Waals surface area (Å²) in [5.74, 6) is 0.675. The molecule has 0 radical (unpaired) electrons. The molecular formula is C22H28IN5O2S. The number of aromatic nitrogens is 2. The minimum absolute atomic E-state index is 0. The molecule has 0 fully saturated rings. The number of nitrogens with zero attached hydrogens (tertiary/aromatic N) is 3. The Morgan fingerprint density at radius 3 is 2.39 bits per heavy atom. The molecule has 0 atom stereocenters. The molecule has 0 unspecified atom stereocenters. The lowest BCUT2D eigenvalue weighted by Crippen LogP contribution is -2.36. The maximum atomic E-state index is 11.8. The molecule has 0 saturated heterocycles. The minimum Gasteiger partial charge on any atom is -0.352 e. The number of aryl methyl sites for hydroxylation is 1. The fraction of sp³-hybridized carbons (Fsp3) is 0.273. The second-order valence-electron chi connectivity index (χ2n) is 7.12. The summed E-state index contributed by atoms with van der Waals surface area (Å²) in [5.41, 5.74) is 4.09. The van der Waals surface area contributed by atoms with Crippen LogP contribution in [0, 0.1) is 6.92 Å². The van der Waals surface area contributed by atoms with Gasteiger partial charge in [-0.2, -0.15) is 5.10 Å². The van der Waals surface area contributed by atoms with E-state index in [1.165, 1.54) is 17.4 Å². The van der Waals surface area contributed by atoms with Crippen LogP contribution in [-0.2, 0) is 29.5 Å². The first-order valence-corrected chi connectivity index (χ1v) is 11.5. The maximum absolute atomic E-state index is 11.8. The van der Waals surface area contributed by atoms with Gasteiger partial charge in [-0.1, -0.05) is 36.4 Å². The predicted molar refractivity (Wildman–Crippen MR) is 135 cm³/mol. The van der Waals surface area contributed by atoms with Gasteiger partial charge in [0.05, 0.1) is 11.4 Å². The van der Waals surface area contributed by atoms with E-state index in [-0.39, 0.29) is 24.0 Å². The number of benzene rings is 2. The molecule has 3 aromatic rings. The smallest absolute Gasteiger partial charge is 0.191 e. The Kier molecular flexibility index (Phi) is 9.05. The number of nitrogens with one attached hydrogen (secondary N) is 2. The van der Waals surface area contributed by atoms with Gasteiger partial charge in [0.15, 0.2) is 15.8 Å². The van der Waals surface area contributed by atoms with Crippen LogP contribution in [0.15, 0.2) is 70.8 Å². The van der Waals surface area contributed by atoms with Crippen LogP contribution in [0.25, 0.3) is 0 Å². The molecule has 31 heavy (non-hydrogen) atoms. The Bertz CT molecular complexity index is 1130. The van der Waals surface area contributed by atoms with Gasteiger partial charge in [0, 0.05) is 38.8 Å². The minimum atomic E-state index is -3.21. The summed E-state index contributed by atoms with van der Waals surface area (Å²) in [7, 11) is -1.49. The molecule has 7 nitrogen and oxygen atoms in total. The standard InChI is InChI=1S/C22H27N5O2S.HI/c1-17-13-18(9-10-21(17)30(3,28)29)14-24-22(23-2)25-15-19-7-4-5-8-20(19)16-27-12-6-11-26-27;/h4-13H,14-16H2,1-3H3,(H2,23,24,25);1H. The first-order valence-electron chi connectivity index (χ1n) is 9.65. The SMILES string of the molecule is CN=C(NCc1ccc(S(C)(=O)=O)c(C)c1)NCc1ccccc1Cn1cccn1.I. The fourth-order valence-corrected chi connectivity index (χ4v) is 4.23. The Labute approximate surface area is 200 Å². The summed E-state index contributed by atoms with van der Waals surface area (Å²) in [6.07, 6.45) is 4.95. The first kappa shape index (κ1) is 24.9. The van der Waals surface area contributed by atoms with E-state index in [4.69, 9.17) is 0 Å². The van der Waals surface area contributed by atoms with Gasteiger partial charge in [-0.05, 0) is 41.3 Å². The third-order valence-electron chi connectivity index (χ3n) is 4.78. The summed E-state index contributed by atoms with van der Waals surface area (Å²) < 4.78 is 25.4. The topological polar surface area (TPSA) is 88.4 Å². The molecule has 0 aliphatic carbocycles. The molecule has 0 aliphatic heterocycles. The number of rotatable bonds is 7. The molecule has 166 valence electrons. The molecule has 2 N–H and O–H groups in total. The van der Waals surface area contributed by atoms with Crippen LogP contribution in [0.2, 0.25) is 0 Å². The van der Waals surface area contributed by atoms with Crippen LogP contribution in [-0.4, -0.2) is 37.5 Å². The van der Waals surface area contributed by atoms with E-state index in [1.807, 2.05) is 48.1 Å². The molecule has 1 heterocycles. The normalized spacial score (nSPS) is 11.6. The van der Waals surface area contributed by atoms with Crippen LogP contribution in [0.5, 0.6) is 0 Å². The average Bonchev–Trinajstić information content (AvgIpc) is 3.21. The Morgan fingerprint density at radius 1 is 1.06 bits per heavy atom. The zero-order valence-corrected chi connectivity index (χ0v) is 21.0. The molecule has 0 amide bonds. The van der Waals surface area contributed by atoms with Crippen molar-refractivity contribution in [2.75, 3.05) is 13.3 Å². The lowest BCUT2D eigenvalue weighted by molar-refractivity contribution is 0.601. The van der Waals surface area contributed by atoms with Crippen molar-refractivity contribution in [2.45, 2.75) is 31.5 Å². The molecular weight excluding hydrogens is 525 g/mol. The van der Waals surface area contributed by atoms with E-state index in [1.54, 1.807) is 19.3 Å². The van der Waals surface area contributed by atoms with Crippen LogP contribution >= 0.6 is 24.0 Å². The Morgan fingerprint density at radius 2 is 1.77 bits per heavy atom. The summed E-state index contributed by atoms with van der Waals surface area (Å²) in [6.45, 7) is 3.69. The van der Waals surface area contributed by atoms with Crippen LogP contribution in [0.4, 0.5) is 0 Å². The molecule has 0 aliphatic rings. The van der Waals surface area contributed by atoms with Crippen molar-refractivity contribution < 1.29 is 8.42 Å².